The van der Waals surface area contributed by atoms with E-state index in [1.54, 1.807) is 7.11 Å². The third kappa shape index (κ3) is 3.45. The highest BCUT2D eigenvalue weighted by Crippen LogP contribution is 2.17. The van der Waals surface area contributed by atoms with E-state index in [-0.39, 0.29) is 6.10 Å². The summed E-state index contributed by atoms with van der Waals surface area (Å²) in [4.78, 5) is 2.18. The quantitative estimate of drug-likeness (QED) is 0.864. The molecule has 18 heavy (non-hydrogen) atoms. The molecule has 2 atom stereocenters. The zero-order chi connectivity index (χ0) is 13.0. The van der Waals surface area contributed by atoms with Crippen LogP contribution in [0.5, 0.6) is 5.75 Å². The molecule has 1 aliphatic rings. The topological polar surface area (TPSA) is 41.9 Å². The van der Waals surface area contributed by atoms with Crippen molar-refractivity contribution in [3.05, 3.63) is 29.8 Å². The molecule has 2 rings (SSSR count). The van der Waals surface area contributed by atoms with Crippen LogP contribution < -0.4 is 4.74 Å². The summed E-state index contributed by atoms with van der Waals surface area (Å²) in [5, 5.41) is 10.2. The smallest absolute Gasteiger partial charge is 0.119 e. The van der Waals surface area contributed by atoms with E-state index in [9.17, 15) is 5.11 Å². The van der Waals surface area contributed by atoms with E-state index in [1.807, 2.05) is 31.3 Å². The summed E-state index contributed by atoms with van der Waals surface area (Å²) in [7, 11) is 3.70. The molecule has 0 radical (unpaired) electrons. The lowest BCUT2D eigenvalue weighted by atomic mass is 10.0. The maximum Gasteiger partial charge on any atom is 0.119 e. The average molecular weight is 251 g/mol. The minimum atomic E-state index is -0.472. The maximum absolute atomic E-state index is 10.2. The molecule has 0 spiro atoms. The van der Waals surface area contributed by atoms with Gasteiger partial charge in [0, 0.05) is 19.5 Å². The highest BCUT2D eigenvalue weighted by Gasteiger charge is 2.25. The van der Waals surface area contributed by atoms with Crippen molar-refractivity contribution in [1.29, 1.82) is 0 Å². The lowest BCUT2D eigenvalue weighted by Crippen LogP contribution is -2.46. The van der Waals surface area contributed by atoms with Gasteiger partial charge in [-0.2, -0.15) is 0 Å². The van der Waals surface area contributed by atoms with Gasteiger partial charge in [-0.25, -0.2) is 0 Å². The van der Waals surface area contributed by atoms with Crippen LogP contribution in [-0.2, 0) is 11.2 Å². The molecule has 1 heterocycles. The molecule has 1 aromatic rings. The van der Waals surface area contributed by atoms with Crippen LogP contribution in [0.25, 0.3) is 0 Å². The zero-order valence-electron chi connectivity index (χ0n) is 11.0. The summed E-state index contributed by atoms with van der Waals surface area (Å²) in [6, 6.07) is 7.80. The van der Waals surface area contributed by atoms with Crippen LogP contribution in [0.4, 0.5) is 0 Å². The fourth-order valence-electron chi connectivity index (χ4n) is 2.22. The van der Waals surface area contributed by atoms with Gasteiger partial charge in [-0.1, -0.05) is 12.1 Å². The minimum absolute atomic E-state index is 0.102. The number of nitrogens with zero attached hydrogens (tertiary/aromatic N) is 1. The van der Waals surface area contributed by atoms with Crippen LogP contribution in [0, 0.1) is 0 Å². The molecular formula is C14H21NO3. The van der Waals surface area contributed by atoms with Crippen LogP contribution in [-0.4, -0.2) is 56.1 Å². The summed E-state index contributed by atoms with van der Waals surface area (Å²) in [5.41, 5.74) is 1.07. The van der Waals surface area contributed by atoms with Crippen molar-refractivity contribution in [3.8, 4) is 5.75 Å². The third-order valence-electron chi connectivity index (χ3n) is 3.30. The molecule has 1 N–H and O–H groups in total. The van der Waals surface area contributed by atoms with Crippen LogP contribution in [0.3, 0.4) is 0 Å². The van der Waals surface area contributed by atoms with Gasteiger partial charge in [0.25, 0.3) is 0 Å². The van der Waals surface area contributed by atoms with Crippen LogP contribution >= 0.6 is 0 Å². The van der Waals surface area contributed by atoms with Gasteiger partial charge < -0.3 is 19.5 Å². The first-order valence-electron chi connectivity index (χ1n) is 6.30. The summed E-state index contributed by atoms with van der Waals surface area (Å²) in [6.45, 7) is 2.41. The molecule has 0 amide bonds. The Labute approximate surface area is 108 Å². The second-order valence-electron chi connectivity index (χ2n) is 4.79. The normalized spacial score (nSPS) is 22.7. The molecule has 0 saturated carbocycles. The monoisotopic (exact) mass is 251 g/mol. The van der Waals surface area contributed by atoms with Crippen molar-refractivity contribution in [2.75, 3.05) is 33.9 Å². The predicted molar refractivity (Wildman–Crippen MR) is 69.9 cm³/mol. The number of rotatable bonds is 4. The number of hydrogen-bond donors (Lipinski definition) is 1. The molecule has 2 unspecified atom stereocenters. The number of benzene rings is 1. The molecule has 1 aromatic carbocycles. The van der Waals surface area contributed by atoms with Gasteiger partial charge in [-0.15, -0.1) is 0 Å². The molecule has 4 heteroatoms. The van der Waals surface area contributed by atoms with E-state index in [0.717, 1.165) is 24.4 Å². The van der Waals surface area contributed by atoms with Crippen molar-refractivity contribution in [2.45, 2.75) is 18.6 Å². The van der Waals surface area contributed by atoms with Crippen molar-refractivity contribution < 1.29 is 14.6 Å². The standard InChI is InChI=1S/C14H21NO3/c1-15-6-7-18-14(10-15)13(16)9-11-4-3-5-12(8-11)17-2/h3-5,8,13-14,16H,6-7,9-10H2,1-2H3. The molecule has 1 fully saturated rings. The summed E-state index contributed by atoms with van der Waals surface area (Å²) >= 11 is 0. The van der Waals surface area contributed by atoms with Gasteiger partial charge >= 0.3 is 0 Å². The highest BCUT2D eigenvalue weighted by atomic mass is 16.5. The predicted octanol–water partition coefficient (Wildman–Crippen LogP) is 0.929. The van der Waals surface area contributed by atoms with Gasteiger partial charge in [0.2, 0.25) is 0 Å². The first kappa shape index (κ1) is 13.3. The Morgan fingerprint density at radius 3 is 3.11 bits per heavy atom. The summed E-state index contributed by atoms with van der Waals surface area (Å²) in [5.74, 6) is 0.821. The average Bonchev–Trinajstić information content (AvgIpc) is 2.39. The molecular weight excluding hydrogens is 230 g/mol. The fraction of sp³-hybridized carbons (Fsp3) is 0.571. The Morgan fingerprint density at radius 1 is 1.56 bits per heavy atom. The molecule has 100 valence electrons. The lowest BCUT2D eigenvalue weighted by Gasteiger charge is -2.33. The molecule has 1 aliphatic heterocycles. The Morgan fingerprint density at radius 2 is 2.39 bits per heavy atom. The van der Waals surface area contributed by atoms with Gasteiger partial charge in [0.1, 0.15) is 5.75 Å². The Bertz CT molecular complexity index is 383. The van der Waals surface area contributed by atoms with Gasteiger partial charge in [0.05, 0.1) is 25.9 Å². The maximum atomic E-state index is 10.2. The molecule has 0 bridgehead atoms. The zero-order valence-corrected chi connectivity index (χ0v) is 11.0. The number of aliphatic hydroxyl groups excluding tert-OH is 1. The first-order chi connectivity index (χ1) is 8.69. The van der Waals surface area contributed by atoms with Gasteiger partial charge in [0.15, 0.2) is 0 Å². The van der Waals surface area contributed by atoms with E-state index in [1.165, 1.54) is 0 Å². The highest BCUT2D eigenvalue weighted by molar-refractivity contribution is 5.28. The molecule has 0 aliphatic carbocycles. The van der Waals surface area contributed by atoms with Crippen molar-refractivity contribution in [1.82, 2.24) is 4.90 Å². The van der Waals surface area contributed by atoms with E-state index >= 15 is 0 Å². The largest absolute Gasteiger partial charge is 0.497 e. The third-order valence-corrected chi connectivity index (χ3v) is 3.30. The number of likely N-dealkylation sites (N-methyl/N-ethyl adjacent to an activating group) is 1. The second kappa shape index (κ2) is 6.18. The van der Waals surface area contributed by atoms with Crippen molar-refractivity contribution in [3.63, 3.8) is 0 Å². The molecule has 4 nitrogen and oxygen atoms in total. The molecule has 0 aromatic heterocycles. The Kier molecular flexibility index (Phi) is 4.58. The number of morpholine rings is 1. The number of aliphatic hydroxyl groups is 1. The number of hydrogen-bond acceptors (Lipinski definition) is 4. The van der Waals surface area contributed by atoms with Crippen LogP contribution in [0.2, 0.25) is 0 Å². The van der Waals surface area contributed by atoms with Crippen LogP contribution in [0.15, 0.2) is 24.3 Å². The Balaban J connectivity index is 1.95. The van der Waals surface area contributed by atoms with Gasteiger partial charge in [-0.05, 0) is 24.7 Å². The number of methoxy groups -OCH3 is 1. The van der Waals surface area contributed by atoms with Crippen molar-refractivity contribution in [2.24, 2.45) is 0 Å². The van der Waals surface area contributed by atoms with Gasteiger partial charge in [-0.3, -0.25) is 0 Å². The SMILES string of the molecule is COc1cccc(CC(O)C2CN(C)CCO2)c1. The van der Waals surface area contributed by atoms with Crippen molar-refractivity contribution >= 4 is 0 Å². The van der Waals surface area contributed by atoms with E-state index in [4.69, 9.17) is 9.47 Å². The van der Waals surface area contributed by atoms with E-state index in [2.05, 4.69) is 4.90 Å². The first-order valence-corrected chi connectivity index (χ1v) is 6.30. The summed E-state index contributed by atoms with van der Waals surface area (Å²) in [6.07, 6.45) is 0.0187. The number of ether oxygens (including phenoxy) is 2. The minimum Gasteiger partial charge on any atom is -0.497 e. The Hall–Kier alpha value is -1.10. The molecule has 1 saturated heterocycles. The van der Waals surface area contributed by atoms with E-state index in [0.29, 0.717) is 13.0 Å². The fourth-order valence-corrected chi connectivity index (χ4v) is 2.22. The van der Waals surface area contributed by atoms with E-state index < -0.39 is 6.10 Å². The summed E-state index contributed by atoms with van der Waals surface area (Å²) < 4.78 is 10.8. The second-order valence-corrected chi connectivity index (χ2v) is 4.79. The lowest BCUT2D eigenvalue weighted by molar-refractivity contribution is -0.0823. The van der Waals surface area contributed by atoms with Crippen LogP contribution in [0.1, 0.15) is 5.56 Å².